The molecule has 0 aliphatic carbocycles. The van der Waals surface area contributed by atoms with Crippen LogP contribution in [0.3, 0.4) is 0 Å². The van der Waals surface area contributed by atoms with Gasteiger partial charge in [0.05, 0.1) is 30.4 Å². The second-order valence-corrected chi connectivity index (χ2v) is 7.15. The fourth-order valence-corrected chi connectivity index (χ4v) is 3.10. The number of anilines is 2. The first-order chi connectivity index (χ1) is 14.4. The maximum atomic E-state index is 12.6. The molecule has 2 N–H and O–H groups in total. The summed E-state index contributed by atoms with van der Waals surface area (Å²) in [6.45, 7) is 3.87. The van der Waals surface area contributed by atoms with Crippen LogP contribution in [-0.2, 0) is 14.3 Å². The molecule has 1 aliphatic rings. The number of para-hydroxylation sites is 2. The van der Waals surface area contributed by atoms with E-state index in [-0.39, 0.29) is 31.0 Å². The van der Waals surface area contributed by atoms with E-state index >= 15 is 0 Å². The molecule has 3 rings (SSSR count). The minimum absolute atomic E-state index is 0.0466. The predicted molar refractivity (Wildman–Crippen MR) is 113 cm³/mol. The topological polar surface area (TPSA) is 97.0 Å². The minimum atomic E-state index is -0.705. The largest absolute Gasteiger partial charge is 0.477 e. The first-order valence-corrected chi connectivity index (χ1v) is 9.70. The molecule has 0 fully saturated rings. The zero-order valence-corrected chi connectivity index (χ0v) is 17.2. The van der Waals surface area contributed by atoms with Gasteiger partial charge in [-0.1, -0.05) is 12.1 Å². The Balaban J connectivity index is 1.66. The zero-order valence-electron chi connectivity index (χ0n) is 17.2. The van der Waals surface area contributed by atoms with E-state index in [0.717, 1.165) is 5.69 Å². The Bertz CT molecular complexity index is 927. The van der Waals surface area contributed by atoms with Gasteiger partial charge in [-0.3, -0.25) is 9.59 Å². The molecule has 2 aromatic carbocycles. The van der Waals surface area contributed by atoms with Crippen LogP contribution in [-0.4, -0.2) is 50.1 Å². The van der Waals surface area contributed by atoms with Crippen molar-refractivity contribution < 1.29 is 23.9 Å². The molecule has 0 bridgehead atoms. The van der Waals surface area contributed by atoms with E-state index in [9.17, 15) is 14.4 Å². The van der Waals surface area contributed by atoms with Gasteiger partial charge in [-0.2, -0.15) is 0 Å². The van der Waals surface area contributed by atoms with Crippen molar-refractivity contribution in [3.8, 4) is 5.75 Å². The fraction of sp³-hybridized carbons (Fsp3) is 0.318. The number of benzene rings is 2. The van der Waals surface area contributed by atoms with Crippen molar-refractivity contribution in [2.24, 2.45) is 0 Å². The Hall–Kier alpha value is -3.55. The van der Waals surface area contributed by atoms with Crippen LogP contribution in [0.5, 0.6) is 5.75 Å². The molecular formula is C22H25N3O5. The second kappa shape index (κ2) is 9.30. The van der Waals surface area contributed by atoms with E-state index in [1.807, 2.05) is 23.1 Å². The van der Waals surface area contributed by atoms with Crippen LogP contribution >= 0.6 is 0 Å². The molecule has 8 heteroatoms. The van der Waals surface area contributed by atoms with Gasteiger partial charge in [0.2, 0.25) is 5.91 Å². The maximum Gasteiger partial charge on any atom is 0.338 e. The summed E-state index contributed by atoms with van der Waals surface area (Å²) in [6, 6.07) is 13.8. The Kier molecular flexibility index (Phi) is 6.56. The van der Waals surface area contributed by atoms with Gasteiger partial charge < -0.3 is 25.0 Å². The molecule has 0 saturated heterocycles. The van der Waals surface area contributed by atoms with Gasteiger partial charge >= 0.3 is 5.97 Å². The Morgan fingerprint density at radius 3 is 2.50 bits per heavy atom. The van der Waals surface area contributed by atoms with Crippen LogP contribution in [0.15, 0.2) is 48.5 Å². The lowest BCUT2D eigenvalue weighted by Crippen LogP contribution is -2.50. The number of ether oxygens (including phenoxy) is 2. The molecule has 0 spiro atoms. The number of nitrogens with zero attached hydrogens (tertiary/aromatic N) is 1. The lowest BCUT2D eigenvalue weighted by Gasteiger charge is -2.34. The Morgan fingerprint density at radius 2 is 1.83 bits per heavy atom. The lowest BCUT2D eigenvalue weighted by molar-refractivity contribution is -0.127. The van der Waals surface area contributed by atoms with Gasteiger partial charge in [-0.15, -0.1) is 0 Å². The highest BCUT2D eigenvalue weighted by Gasteiger charge is 2.31. The number of rotatable bonds is 6. The monoisotopic (exact) mass is 411 g/mol. The third-order valence-corrected chi connectivity index (χ3v) is 4.48. The van der Waals surface area contributed by atoms with Crippen LogP contribution in [0.1, 0.15) is 24.2 Å². The highest BCUT2D eigenvalue weighted by molar-refractivity contribution is 5.96. The molecule has 0 aromatic heterocycles. The first-order valence-electron chi connectivity index (χ1n) is 9.70. The summed E-state index contributed by atoms with van der Waals surface area (Å²) in [7, 11) is 1.55. The van der Waals surface area contributed by atoms with Crippen LogP contribution in [0.25, 0.3) is 0 Å². The minimum Gasteiger partial charge on any atom is -0.477 e. The molecule has 8 nitrogen and oxygen atoms in total. The van der Waals surface area contributed by atoms with Crippen LogP contribution in [0.4, 0.5) is 11.4 Å². The molecule has 1 aliphatic heterocycles. The van der Waals surface area contributed by atoms with Crippen molar-refractivity contribution in [1.82, 2.24) is 5.32 Å². The highest BCUT2D eigenvalue weighted by Crippen LogP contribution is 2.33. The van der Waals surface area contributed by atoms with Crippen LogP contribution in [0.2, 0.25) is 0 Å². The van der Waals surface area contributed by atoms with Crippen molar-refractivity contribution in [2.45, 2.75) is 26.1 Å². The molecule has 0 saturated carbocycles. The van der Waals surface area contributed by atoms with Crippen molar-refractivity contribution in [2.75, 3.05) is 30.4 Å². The van der Waals surface area contributed by atoms with E-state index < -0.39 is 12.1 Å². The molecule has 30 heavy (non-hydrogen) atoms. The number of carbonyl (C=O) groups excluding carboxylic acids is 3. The molecule has 0 radical (unpaired) electrons. The molecule has 2 amide bonds. The molecular weight excluding hydrogens is 386 g/mol. The summed E-state index contributed by atoms with van der Waals surface area (Å²) >= 11 is 0. The third kappa shape index (κ3) is 5.08. The smallest absolute Gasteiger partial charge is 0.338 e. The number of hydrogen-bond donors (Lipinski definition) is 2. The predicted octanol–water partition coefficient (Wildman–Crippen LogP) is 2.20. The number of hydrogen-bond acceptors (Lipinski definition) is 6. The second-order valence-electron chi connectivity index (χ2n) is 7.15. The van der Waals surface area contributed by atoms with Crippen molar-refractivity contribution in [1.29, 1.82) is 0 Å². The van der Waals surface area contributed by atoms with Crippen LogP contribution < -0.4 is 20.3 Å². The quantitative estimate of drug-likeness (QED) is 0.708. The van der Waals surface area contributed by atoms with E-state index in [4.69, 9.17) is 9.47 Å². The summed E-state index contributed by atoms with van der Waals surface area (Å²) in [5.41, 5.74) is 1.72. The highest BCUT2D eigenvalue weighted by atomic mass is 16.5. The normalized spacial score (nSPS) is 15.1. The number of amides is 2. The summed E-state index contributed by atoms with van der Waals surface area (Å²) < 4.78 is 10.9. The molecule has 158 valence electrons. The van der Waals surface area contributed by atoms with Gasteiger partial charge in [0.15, 0.2) is 6.10 Å². The maximum absolute atomic E-state index is 12.6. The van der Waals surface area contributed by atoms with E-state index in [0.29, 0.717) is 17.0 Å². The Morgan fingerprint density at radius 1 is 1.13 bits per heavy atom. The number of nitrogens with one attached hydrogen (secondary N) is 2. The molecule has 0 unspecified atom stereocenters. The average molecular weight is 411 g/mol. The third-order valence-electron chi connectivity index (χ3n) is 4.48. The van der Waals surface area contributed by atoms with Crippen LogP contribution in [0, 0.1) is 0 Å². The van der Waals surface area contributed by atoms with Gasteiger partial charge in [-0.05, 0) is 50.2 Å². The fourth-order valence-electron chi connectivity index (χ4n) is 3.10. The number of fused-ring (bicyclic) bond motifs is 1. The van der Waals surface area contributed by atoms with Crippen molar-refractivity contribution in [3.63, 3.8) is 0 Å². The standard InChI is InChI=1S/C22H25N3O5/c1-14(2)29-22(28)15-8-10-16(11-9-15)24-20(26)13-25-12-19(21(27)23-3)30-18-7-5-4-6-17(18)25/h4-11,14,19H,12-13H2,1-3H3,(H,23,27)(H,24,26)/t19-/m0/s1. The summed E-state index contributed by atoms with van der Waals surface area (Å²) in [6.07, 6.45) is -0.907. The van der Waals surface area contributed by atoms with E-state index in [2.05, 4.69) is 10.6 Å². The van der Waals surface area contributed by atoms with Crippen molar-refractivity contribution in [3.05, 3.63) is 54.1 Å². The molecule has 1 heterocycles. The number of esters is 1. The zero-order chi connectivity index (χ0) is 21.7. The molecule has 2 aromatic rings. The SMILES string of the molecule is CNC(=O)[C@@H]1CN(CC(=O)Nc2ccc(C(=O)OC(C)C)cc2)c2ccccc2O1. The van der Waals surface area contributed by atoms with E-state index in [1.54, 1.807) is 51.2 Å². The van der Waals surface area contributed by atoms with E-state index in [1.165, 1.54) is 0 Å². The Labute approximate surface area is 175 Å². The summed E-state index contributed by atoms with van der Waals surface area (Å²) in [4.78, 5) is 38.4. The van der Waals surface area contributed by atoms with Gasteiger partial charge in [0.1, 0.15) is 5.75 Å². The van der Waals surface area contributed by atoms with Gasteiger partial charge in [0, 0.05) is 12.7 Å². The number of carbonyl (C=O) groups is 3. The molecule has 1 atom stereocenters. The average Bonchev–Trinajstić information content (AvgIpc) is 2.73. The first kappa shape index (κ1) is 21.2. The van der Waals surface area contributed by atoms with Gasteiger partial charge in [-0.25, -0.2) is 4.79 Å². The number of likely N-dealkylation sites (N-methyl/N-ethyl adjacent to an activating group) is 1. The summed E-state index contributed by atoms with van der Waals surface area (Å²) in [5.74, 6) is -0.357. The lowest BCUT2D eigenvalue weighted by atomic mass is 10.1. The summed E-state index contributed by atoms with van der Waals surface area (Å²) in [5, 5.41) is 5.39. The van der Waals surface area contributed by atoms with Crippen molar-refractivity contribution >= 4 is 29.2 Å². The van der Waals surface area contributed by atoms with Gasteiger partial charge in [0.25, 0.3) is 5.91 Å².